The largest absolute Gasteiger partial charge is 0.390 e. The van der Waals surface area contributed by atoms with Gasteiger partial charge in [0.15, 0.2) is 5.16 Å². The second-order valence-corrected chi connectivity index (χ2v) is 6.86. The molecular formula is C13H20N4O2S. The highest BCUT2D eigenvalue weighted by atomic mass is 32.2. The van der Waals surface area contributed by atoms with Gasteiger partial charge in [-0.25, -0.2) is 0 Å². The lowest BCUT2D eigenvalue weighted by Crippen LogP contribution is -2.45. The van der Waals surface area contributed by atoms with Gasteiger partial charge in [0.2, 0.25) is 5.91 Å². The van der Waals surface area contributed by atoms with Crippen molar-refractivity contribution in [3.05, 3.63) is 6.33 Å². The number of carbonyl (C=O) groups excluding carboxylic acids is 1. The van der Waals surface area contributed by atoms with Gasteiger partial charge in [-0.2, -0.15) is 0 Å². The fourth-order valence-corrected chi connectivity index (χ4v) is 3.28. The van der Waals surface area contributed by atoms with Gasteiger partial charge in [0.25, 0.3) is 0 Å². The van der Waals surface area contributed by atoms with E-state index in [1.165, 1.54) is 24.6 Å². The van der Waals surface area contributed by atoms with Crippen molar-refractivity contribution in [1.82, 2.24) is 19.7 Å². The van der Waals surface area contributed by atoms with Crippen LogP contribution in [0.15, 0.2) is 11.5 Å². The number of nitrogens with zero attached hydrogens (tertiary/aromatic N) is 4. The maximum Gasteiger partial charge on any atom is 0.233 e. The van der Waals surface area contributed by atoms with Crippen molar-refractivity contribution in [3.8, 4) is 0 Å². The minimum Gasteiger partial charge on any atom is -0.390 e. The van der Waals surface area contributed by atoms with E-state index < -0.39 is 5.60 Å². The molecule has 1 amide bonds. The Balaban J connectivity index is 1.51. The summed E-state index contributed by atoms with van der Waals surface area (Å²) in [5.74, 6) is 0.518. The van der Waals surface area contributed by atoms with Crippen molar-refractivity contribution in [2.75, 3.05) is 18.8 Å². The van der Waals surface area contributed by atoms with Crippen LogP contribution < -0.4 is 0 Å². The van der Waals surface area contributed by atoms with Crippen LogP contribution in [-0.4, -0.2) is 55.1 Å². The predicted molar refractivity (Wildman–Crippen MR) is 75.5 cm³/mol. The van der Waals surface area contributed by atoms with E-state index in [1.807, 2.05) is 11.8 Å². The second-order valence-electron chi connectivity index (χ2n) is 5.92. The number of rotatable bonds is 4. The predicted octanol–water partition coefficient (Wildman–Crippen LogP) is 1.08. The molecule has 0 atom stereocenters. The standard InChI is InChI=1S/C13H20N4O2S/c1-13(19)4-6-16(7-5-13)11(18)8-20-12-15-14-9-17(12)10-2-3-10/h9-10,19H,2-8H2,1H3. The molecule has 110 valence electrons. The Kier molecular flexibility index (Phi) is 3.72. The third-order valence-corrected chi connectivity index (χ3v) is 4.94. The molecule has 1 aliphatic heterocycles. The van der Waals surface area contributed by atoms with Gasteiger partial charge in [0.1, 0.15) is 6.33 Å². The zero-order chi connectivity index (χ0) is 14.2. The number of likely N-dealkylation sites (tertiary alicyclic amines) is 1. The van der Waals surface area contributed by atoms with Crippen LogP contribution in [0.1, 0.15) is 38.6 Å². The molecule has 3 rings (SSSR count). The molecule has 2 aliphatic rings. The van der Waals surface area contributed by atoms with Crippen LogP contribution in [0.25, 0.3) is 0 Å². The number of hydrogen-bond acceptors (Lipinski definition) is 5. The fraction of sp³-hybridized carbons (Fsp3) is 0.769. The smallest absolute Gasteiger partial charge is 0.233 e. The molecule has 20 heavy (non-hydrogen) atoms. The molecule has 1 aliphatic carbocycles. The number of carbonyl (C=O) groups is 1. The lowest BCUT2D eigenvalue weighted by Gasteiger charge is -2.35. The molecular weight excluding hydrogens is 276 g/mol. The van der Waals surface area contributed by atoms with E-state index in [0.717, 1.165) is 5.16 Å². The van der Waals surface area contributed by atoms with Crippen LogP contribution in [-0.2, 0) is 4.79 Å². The van der Waals surface area contributed by atoms with Gasteiger partial charge in [-0.1, -0.05) is 11.8 Å². The fourth-order valence-electron chi connectivity index (χ4n) is 2.39. The average Bonchev–Trinajstić information content (AvgIpc) is 3.15. The molecule has 0 aromatic carbocycles. The van der Waals surface area contributed by atoms with E-state index >= 15 is 0 Å². The first-order valence-electron chi connectivity index (χ1n) is 7.08. The molecule has 0 radical (unpaired) electrons. The highest BCUT2D eigenvalue weighted by Gasteiger charge is 2.30. The van der Waals surface area contributed by atoms with E-state index in [-0.39, 0.29) is 5.91 Å². The summed E-state index contributed by atoms with van der Waals surface area (Å²) < 4.78 is 2.07. The molecule has 6 nitrogen and oxygen atoms in total. The second kappa shape index (κ2) is 5.37. The van der Waals surface area contributed by atoms with Crippen molar-refractivity contribution in [2.45, 2.75) is 49.4 Å². The van der Waals surface area contributed by atoms with Crippen LogP contribution in [0.3, 0.4) is 0 Å². The van der Waals surface area contributed by atoms with Crippen molar-refractivity contribution < 1.29 is 9.90 Å². The van der Waals surface area contributed by atoms with Crippen LogP contribution in [0.2, 0.25) is 0 Å². The first-order valence-corrected chi connectivity index (χ1v) is 8.06. The van der Waals surface area contributed by atoms with Gasteiger partial charge in [-0.3, -0.25) is 4.79 Å². The van der Waals surface area contributed by atoms with Crippen molar-refractivity contribution in [1.29, 1.82) is 0 Å². The van der Waals surface area contributed by atoms with Gasteiger partial charge in [-0.15, -0.1) is 10.2 Å². The van der Waals surface area contributed by atoms with Crippen LogP contribution in [0, 0.1) is 0 Å². The number of thioether (sulfide) groups is 1. The first-order chi connectivity index (χ1) is 9.55. The van der Waals surface area contributed by atoms with Crippen molar-refractivity contribution >= 4 is 17.7 Å². The van der Waals surface area contributed by atoms with Crippen LogP contribution >= 0.6 is 11.8 Å². The summed E-state index contributed by atoms with van der Waals surface area (Å²) in [7, 11) is 0. The number of aromatic nitrogens is 3. The van der Waals surface area contributed by atoms with Gasteiger partial charge in [0, 0.05) is 19.1 Å². The minimum absolute atomic E-state index is 0.121. The molecule has 1 aromatic heterocycles. The molecule has 1 saturated carbocycles. The Morgan fingerprint density at radius 2 is 2.20 bits per heavy atom. The van der Waals surface area contributed by atoms with Gasteiger partial charge in [-0.05, 0) is 32.6 Å². The topological polar surface area (TPSA) is 71.2 Å². The van der Waals surface area contributed by atoms with E-state index in [2.05, 4.69) is 14.8 Å². The number of amides is 1. The Morgan fingerprint density at radius 1 is 1.50 bits per heavy atom. The molecule has 0 spiro atoms. The first kappa shape index (κ1) is 13.9. The Labute approximate surface area is 122 Å². The Morgan fingerprint density at radius 3 is 2.85 bits per heavy atom. The van der Waals surface area contributed by atoms with Crippen molar-refractivity contribution in [3.63, 3.8) is 0 Å². The third-order valence-electron chi connectivity index (χ3n) is 4.00. The normalized spacial score (nSPS) is 22.0. The lowest BCUT2D eigenvalue weighted by atomic mass is 9.94. The summed E-state index contributed by atoms with van der Waals surface area (Å²) in [6.45, 7) is 3.12. The molecule has 2 heterocycles. The molecule has 0 bridgehead atoms. The van der Waals surface area contributed by atoms with E-state index in [1.54, 1.807) is 6.33 Å². The zero-order valence-corrected chi connectivity index (χ0v) is 12.5. The monoisotopic (exact) mass is 296 g/mol. The summed E-state index contributed by atoms with van der Waals surface area (Å²) >= 11 is 1.46. The van der Waals surface area contributed by atoms with Gasteiger partial charge < -0.3 is 14.6 Å². The van der Waals surface area contributed by atoms with Gasteiger partial charge >= 0.3 is 0 Å². The highest BCUT2D eigenvalue weighted by Crippen LogP contribution is 2.37. The Hall–Kier alpha value is -1.08. The van der Waals surface area contributed by atoms with Gasteiger partial charge in [0.05, 0.1) is 11.4 Å². The highest BCUT2D eigenvalue weighted by molar-refractivity contribution is 7.99. The maximum atomic E-state index is 12.2. The zero-order valence-electron chi connectivity index (χ0n) is 11.7. The maximum absolute atomic E-state index is 12.2. The molecule has 7 heteroatoms. The van der Waals surface area contributed by atoms with Crippen LogP contribution in [0.5, 0.6) is 0 Å². The van der Waals surface area contributed by atoms with Crippen molar-refractivity contribution in [2.24, 2.45) is 0 Å². The average molecular weight is 296 g/mol. The third kappa shape index (κ3) is 3.15. The van der Waals surface area contributed by atoms with Crippen LogP contribution in [0.4, 0.5) is 0 Å². The summed E-state index contributed by atoms with van der Waals surface area (Å²) in [5, 5.41) is 18.7. The summed E-state index contributed by atoms with van der Waals surface area (Å²) in [4.78, 5) is 14.0. The number of aliphatic hydroxyl groups is 1. The minimum atomic E-state index is -0.615. The SMILES string of the molecule is CC1(O)CCN(C(=O)CSc2nncn2C2CC2)CC1. The Bertz CT molecular complexity index is 488. The summed E-state index contributed by atoms with van der Waals surface area (Å²) in [5.41, 5.74) is -0.615. The van der Waals surface area contributed by atoms with E-state index in [0.29, 0.717) is 37.7 Å². The number of hydrogen-bond donors (Lipinski definition) is 1. The molecule has 0 unspecified atom stereocenters. The lowest BCUT2D eigenvalue weighted by molar-refractivity contribution is -0.132. The molecule has 1 aromatic rings. The summed E-state index contributed by atoms with van der Waals surface area (Å²) in [6, 6.07) is 0.535. The summed E-state index contributed by atoms with van der Waals surface area (Å²) in [6.07, 6.45) is 5.42. The quantitative estimate of drug-likeness (QED) is 0.842. The van der Waals surface area contributed by atoms with E-state index in [9.17, 15) is 9.90 Å². The van der Waals surface area contributed by atoms with E-state index in [4.69, 9.17) is 0 Å². The molecule has 2 fully saturated rings. The number of piperidine rings is 1. The molecule has 1 N–H and O–H groups in total. The molecule has 1 saturated heterocycles.